The van der Waals surface area contributed by atoms with Crippen LogP contribution in [-0.2, 0) is 4.74 Å². The van der Waals surface area contributed by atoms with Gasteiger partial charge in [-0.25, -0.2) is 4.98 Å². The predicted molar refractivity (Wildman–Crippen MR) is 84.3 cm³/mol. The molecule has 1 unspecified atom stereocenters. The molecule has 1 aromatic carbocycles. The van der Waals surface area contributed by atoms with Gasteiger partial charge in [0.05, 0.1) is 18.8 Å². The van der Waals surface area contributed by atoms with E-state index in [-0.39, 0.29) is 12.1 Å². The highest BCUT2D eigenvalue weighted by Crippen LogP contribution is 2.21. The highest BCUT2D eigenvalue weighted by atomic mass is 16.5. The highest BCUT2D eigenvalue weighted by Gasteiger charge is 2.10. The fourth-order valence-corrected chi connectivity index (χ4v) is 2.11. The van der Waals surface area contributed by atoms with E-state index < -0.39 is 0 Å². The molecule has 2 rings (SSSR count). The van der Waals surface area contributed by atoms with Gasteiger partial charge in [0.1, 0.15) is 5.75 Å². The Morgan fingerprint density at radius 3 is 2.52 bits per heavy atom. The zero-order valence-corrected chi connectivity index (χ0v) is 13.0. The molecule has 0 spiro atoms. The summed E-state index contributed by atoms with van der Waals surface area (Å²) in [4.78, 5) is 4.35. The van der Waals surface area contributed by atoms with Crippen molar-refractivity contribution < 1.29 is 9.47 Å². The van der Waals surface area contributed by atoms with Crippen LogP contribution in [0.25, 0.3) is 0 Å². The lowest BCUT2D eigenvalue weighted by atomic mass is 10.3. The van der Waals surface area contributed by atoms with E-state index in [2.05, 4.69) is 21.8 Å². The van der Waals surface area contributed by atoms with E-state index in [9.17, 15) is 0 Å². The maximum absolute atomic E-state index is 5.63. The first-order chi connectivity index (χ1) is 10.1. The quantitative estimate of drug-likeness (QED) is 0.845. The van der Waals surface area contributed by atoms with Gasteiger partial charge in [0.25, 0.3) is 0 Å². The van der Waals surface area contributed by atoms with Crippen molar-refractivity contribution >= 4 is 11.6 Å². The maximum Gasteiger partial charge on any atom is 0.207 e. The molecule has 0 aliphatic heterocycles. The largest absolute Gasteiger partial charge is 0.491 e. The molecule has 0 amide bonds. The van der Waals surface area contributed by atoms with Crippen LogP contribution in [0.1, 0.15) is 26.8 Å². The molecule has 21 heavy (non-hydrogen) atoms. The zero-order valence-electron chi connectivity index (χ0n) is 13.0. The fraction of sp³-hybridized carbons (Fsp3) is 0.438. The van der Waals surface area contributed by atoms with E-state index in [0.29, 0.717) is 6.61 Å². The van der Waals surface area contributed by atoms with E-state index in [1.165, 1.54) is 0 Å². The van der Waals surface area contributed by atoms with E-state index in [1.54, 1.807) is 13.3 Å². The second-order valence-electron chi connectivity index (χ2n) is 5.28. The Bertz CT molecular complexity index is 549. The van der Waals surface area contributed by atoms with Gasteiger partial charge in [-0.3, -0.25) is 0 Å². The first-order valence-corrected chi connectivity index (χ1v) is 7.15. The molecular formula is C16H23N3O2. The number of nitrogens with zero attached hydrogens (tertiary/aromatic N) is 2. The lowest BCUT2D eigenvalue weighted by Gasteiger charge is -2.16. The maximum atomic E-state index is 5.63. The molecule has 1 aromatic heterocycles. The SMILES string of the molecule is COCC(C)n1ccnc1Nc1ccc(OC(C)C)cc1. The van der Waals surface area contributed by atoms with E-state index in [4.69, 9.17) is 9.47 Å². The van der Waals surface area contributed by atoms with Crippen molar-refractivity contribution in [2.75, 3.05) is 19.0 Å². The molecule has 1 atom stereocenters. The number of hydrogen-bond acceptors (Lipinski definition) is 4. The van der Waals surface area contributed by atoms with Gasteiger partial charge in [0, 0.05) is 25.2 Å². The number of benzene rings is 1. The van der Waals surface area contributed by atoms with E-state index >= 15 is 0 Å². The number of anilines is 2. The summed E-state index contributed by atoms with van der Waals surface area (Å²) in [5.74, 6) is 1.67. The van der Waals surface area contributed by atoms with Crippen LogP contribution in [0.3, 0.4) is 0 Å². The van der Waals surface area contributed by atoms with Gasteiger partial charge in [-0.1, -0.05) is 0 Å². The number of hydrogen-bond donors (Lipinski definition) is 1. The summed E-state index contributed by atoms with van der Waals surface area (Å²) in [6, 6.07) is 8.10. The minimum Gasteiger partial charge on any atom is -0.491 e. The van der Waals surface area contributed by atoms with Crippen LogP contribution in [-0.4, -0.2) is 29.4 Å². The lowest BCUT2D eigenvalue weighted by Crippen LogP contribution is -2.12. The van der Waals surface area contributed by atoms with Crippen LogP contribution in [0.2, 0.25) is 0 Å². The normalized spacial score (nSPS) is 12.4. The second kappa shape index (κ2) is 7.13. The molecule has 5 nitrogen and oxygen atoms in total. The number of nitrogens with one attached hydrogen (secondary N) is 1. The first-order valence-electron chi connectivity index (χ1n) is 7.15. The van der Waals surface area contributed by atoms with Crippen molar-refractivity contribution in [2.45, 2.75) is 32.9 Å². The van der Waals surface area contributed by atoms with Crippen molar-refractivity contribution in [3.8, 4) is 5.75 Å². The monoisotopic (exact) mass is 289 g/mol. The number of imidazole rings is 1. The molecule has 0 saturated heterocycles. The highest BCUT2D eigenvalue weighted by molar-refractivity contribution is 5.55. The van der Waals surface area contributed by atoms with Crippen molar-refractivity contribution in [1.29, 1.82) is 0 Å². The third-order valence-electron chi connectivity index (χ3n) is 3.03. The Morgan fingerprint density at radius 1 is 1.19 bits per heavy atom. The minimum atomic E-state index is 0.178. The average molecular weight is 289 g/mol. The van der Waals surface area contributed by atoms with Gasteiger partial charge < -0.3 is 19.4 Å². The second-order valence-corrected chi connectivity index (χ2v) is 5.28. The fourth-order valence-electron chi connectivity index (χ4n) is 2.11. The Balaban J connectivity index is 2.06. The summed E-state index contributed by atoms with van der Waals surface area (Å²) in [6.07, 6.45) is 3.91. The first kappa shape index (κ1) is 15.4. The molecule has 114 valence electrons. The molecular weight excluding hydrogens is 266 g/mol. The molecule has 0 radical (unpaired) electrons. The number of rotatable bonds is 7. The molecule has 2 aromatic rings. The average Bonchev–Trinajstić information content (AvgIpc) is 2.89. The van der Waals surface area contributed by atoms with Crippen LogP contribution in [0.15, 0.2) is 36.7 Å². The topological polar surface area (TPSA) is 48.3 Å². The van der Waals surface area contributed by atoms with Crippen molar-refractivity contribution in [3.63, 3.8) is 0 Å². The van der Waals surface area contributed by atoms with Crippen molar-refractivity contribution in [3.05, 3.63) is 36.7 Å². The van der Waals surface area contributed by atoms with Crippen molar-refractivity contribution in [2.24, 2.45) is 0 Å². The number of ether oxygens (including phenoxy) is 2. The molecule has 0 aliphatic rings. The van der Waals surface area contributed by atoms with E-state index in [1.807, 2.05) is 44.3 Å². The Kier molecular flexibility index (Phi) is 5.22. The molecule has 0 fully saturated rings. The van der Waals surface area contributed by atoms with Gasteiger partial charge >= 0.3 is 0 Å². The molecule has 0 bridgehead atoms. The minimum absolute atomic E-state index is 0.178. The van der Waals surface area contributed by atoms with Crippen LogP contribution in [0.5, 0.6) is 5.75 Å². The third kappa shape index (κ3) is 4.23. The number of methoxy groups -OCH3 is 1. The Labute approximate surface area is 125 Å². The standard InChI is InChI=1S/C16H23N3O2/c1-12(2)21-15-7-5-14(6-8-15)18-16-17-9-10-19(16)13(3)11-20-4/h5-10,12-13H,11H2,1-4H3,(H,17,18). The molecule has 1 N–H and O–H groups in total. The van der Waals surface area contributed by atoms with Gasteiger partial charge in [-0.05, 0) is 45.0 Å². The number of aromatic nitrogens is 2. The van der Waals surface area contributed by atoms with Gasteiger partial charge in [0.15, 0.2) is 0 Å². The van der Waals surface area contributed by atoms with Gasteiger partial charge in [0.2, 0.25) is 5.95 Å². The predicted octanol–water partition coefficient (Wildman–Crippen LogP) is 3.62. The van der Waals surface area contributed by atoms with Gasteiger partial charge in [-0.15, -0.1) is 0 Å². The molecule has 0 aliphatic carbocycles. The summed E-state index contributed by atoms with van der Waals surface area (Å²) in [7, 11) is 1.70. The summed E-state index contributed by atoms with van der Waals surface area (Å²) in [6.45, 7) is 6.77. The van der Waals surface area contributed by atoms with Crippen LogP contribution in [0, 0.1) is 0 Å². The lowest BCUT2D eigenvalue weighted by molar-refractivity contribution is 0.163. The Hall–Kier alpha value is -2.01. The zero-order chi connectivity index (χ0) is 15.2. The molecule has 0 saturated carbocycles. The third-order valence-corrected chi connectivity index (χ3v) is 3.03. The van der Waals surface area contributed by atoms with Crippen LogP contribution < -0.4 is 10.1 Å². The summed E-state index contributed by atoms with van der Waals surface area (Å²) in [5.41, 5.74) is 0.975. The summed E-state index contributed by atoms with van der Waals surface area (Å²) >= 11 is 0. The van der Waals surface area contributed by atoms with Crippen molar-refractivity contribution in [1.82, 2.24) is 9.55 Å². The smallest absolute Gasteiger partial charge is 0.207 e. The summed E-state index contributed by atoms with van der Waals surface area (Å²) < 4.78 is 12.9. The van der Waals surface area contributed by atoms with E-state index in [0.717, 1.165) is 17.4 Å². The Morgan fingerprint density at radius 2 is 1.90 bits per heavy atom. The van der Waals surface area contributed by atoms with Gasteiger partial charge in [-0.2, -0.15) is 0 Å². The molecule has 5 heteroatoms. The van der Waals surface area contributed by atoms with Crippen LogP contribution in [0.4, 0.5) is 11.6 Å². The summed E-state index contributed by atoms with van der Waals surface area (Å²) in [5, 5.41) is 3.31. The molecule has 1 heterocycles. The van der Waals surface area contributed by atoms with Crippen LogP contribution >= 0.6 is 0 Å².